The van der Waals surface area contributed by atoms with E-state index in [0.717, 1.165) is 22.5 Å². The number of halogens is 5. The SMILES string of the molecule is Cn1c(C(=O)N2CCN(Cc3ccc(OCC(F)(F)F)cc3)CC2)cc2ccc(Oc3ccc(NC(=O)c4ccc(Cl)c(F)c4)cn3)cc21. The predicted molar refractivity (Wildman–Crippen MR) is 176 cm³/mol. The summed E-state index contributed by atoms with van der Waals surface area (Å²) in [6.45, 7) is 1.63. The Bertz CT molecular complexity index is 1980. The lowest BCUT2D eigenvalue weighted by molar-refractivity contribution is -0.153. The first kappa shape index (κ1) is 33.7. The number of fused-ring (bicyclic) bond motifs is 1. The molecule has 0 aliphatic carbocycles. The van der Waals surface area contributed by atoms with Crippen LogP contribution in [0.2, 0.25) is 5.02 Å². The van der Waals surface area contributed by atoms with Gasteiger partial charge in [-0.15, -0.1) is 0 Å². The van der Waals surface area contributed by atoms with Gasteiger partial charge in [-0.3, -0.25) is 14.5 Å². The standard InChI is InChI=1S/C35H30ClF4N5O4/c1-43-30-18-27(49-32-11-6-25(19-41-32)42-33(46)24-5-10-28(36)29(37)16-24)9-4-23(30)17-31(43)34(47)45-14-12-44(13-15-45)20-22-2-7-26(8-3-22)48-21-35(38,39)40/h2-11,16-19H,12-15,20-21H2,1H3,(H,42,46). The van der Waals surface area contributed by atoms with Gasteiger partial charge in [-0.2, -0.15) is 13.2 Å². The lowest BCUT2D eigenvalue weighted by atomic mass is 10.2. The van der Waals surface area contributed by atoms with Crippen molar-refractivity contribution in [2.24, 2.45) is 7.05 Å². The molecule has 3 heterocycles. The van der Waals surface area contributed by atoms with Crippen molar-refractivity contribution in [3.8, 4) is 17.4 Å². The van der Waals surface area contributed by atoms with Gasteiger partial charge in [0.05, 0.1) is 22.4 Å². The summed E-state index contributed by atoms with van der Waals surface area (Å²) in [5, 5.41) is 3.44. The maximum absolute atomic E-state index is 13.7. The number of pyridine rings is 1. The molecule has 2 amide bonds. The minimum absolute atomic E-state index is 0.0740. The molecule has 49 heavy (non-hydrogen) atoms. The summed E-state index contributed by atoms with van der Waals surface area (Å²) in [6, 6.07) is 20.8. The molecule has 9 nitrogen and oxygen atoms in total. The average molecular weight is 696 g/mol. The van der Waals surface area contributed by atoms with Gasteiger partial charge in [-0.1, -0.05) is 23.7 Å². The molecule has 1 aliphatic rings. The van der Waals surface area contributed by atoms with Crippen molar-refractivity contribution in [2.75, 3.05) is 38.1 Å². The zero-order valence-electron chi connectivity index (χ0n) is 26.1. The van der Waals surface area contributed by atoms with E-state index in [1.54, 1.807) is 30.3 Å². The lowest BCUT2D eigenvalue weighted by Gasteiger charge is -2.34. The third kappa shape index (κ3) is 8.30. The van der Waals surface area contributed by atoms with Gasteiger partial charge in [-0.25, -0.2) is 9.37 Å². The topological polar surface area (TPSA) is 88.9 Å². The van der Waals surface area contributed by atoms with E-state index < -0.39 is 24.5 Å². The molecule has 0 radical (unpaired) electrons. The number of benzene rings is 3. The summed E-state index contributed by atoms with van der Waals surface area (Å²) < 4.78 is 63.4. The molecule has 5 aromatic rings. The van der Waals surface area contributed by atoms with Crippen LogP contribution in [0.1, 0.15) is 26.4 Å². The molecule has 1 saturated heterocycles. The largest absolute Gasteiger partial charge is 0.484 e. The first-order valence-electron chi connectivity index (χ1n) is 15.2. The van der Waals surface area contributed by atoms with E-state index in [9.17, 15) is 27.2 Å². The predicted octanol–water partition coefficient (Wildman–Crippen LogP) is 7.31. The molecule has 0 atom stereocenters. The second-order valence-corrected chi connectivity index (χ2v) is 11.9. The molecule has 0 saturated carbocycles. The van der Waals surface area contributed by atoms with Crippen LogP contribution in [-0.4, -0.2) is 70.1 Å². The Labute approximate surface area is 283 Å². The number of carbonyl (C=O) groups is 2. The normalized spacial score (nSPS) is 13.8. The van der Waals surface area contributed by atoms with Gasteiger partial charge in [0.1, 0.15) is 23.0 Å². The minimum atomic E-state index is -4.39. The van der Waals surface area contributed by atoms with Crippen molar-refractivity contribution < 1.29 is 36.6 Å². The fourth-order valence-electron chi connectivity index (χ4n) is 5.44. The fraction of sp³-hybridized carbons (Fsp3) is 0.229. The van der Waals surface area contributed by atoms with E-state index >= 15 is 0 Å². The van der Waals surface area contributed by atoms with Crippen LogP contribution in [0.25, 0.3) is 10.9 Å². The number of aryl methyl sites for hydroxylation is 1. The van der Waals surface area contributed by atoms with Gasteiger partial charge in [0.25, 0.3) is 11.8 Å². The Balaban J connectivity index is 1.03. The molecule has 2 aromatic heterocycles. The summed E-state index contributed by atoms with van der Waals surface area (Å²) >= 11 is 5.69. The van der Waals surface area contributed by atoms with E-state index in [0.29, 0.717) is 49.9 Å². The van der Waals surface area contributed by atoms with Gasteiger partial charge < -0.3 is 24.3 Å². The van der Waals surface area contributed by atoms with Crippen LogP contribution in [0.4, 0.5) is 23.2 Å². The van der Waals surface area contributed by atoms with Gasteiger partial charge in [0.15, 0.2) is 6.61 Å². The zero-order valence-corrected chi connectivity index (χ0v) is 26.9. The summed E-state index contributed by atoms with van der Waals surface area (Å²) in [6.07, 6.45) is -2.97. The molecule has 1 aliphatic heterocycles. The highest BCUT2D eigenvalue weighted by Crippen LogP contribution is 2.28. The molecule has 14 heteroatoms. The number of amides is 2. The summed E-state index contributed by atoms with van der Waals surface area (Å²) in [7, 11) is 1.82. The Morgan fingerprint density at radius 2 is 1.65 bits per heavy atom. The second-order valence-electron chi connectivity index (χ2n) is 11.5. The highest BCUT2D eigenvalue weighted by molar-refractivity contribution is 6.30. The third-order valence-electron chi connectivity index (χ3n) is 8.03. The quantitative estimate of drug-likeness (QED) is 0.163. The fourth-order valence-corrected chi connectivity index (χ4v) is 5.56. The van der Waals surface area contributed by atoms with Gasteiger partial charge >= 0.3 is 6.18 Å². The van der Waals surface area contributed by atoms with Crippen LogP contribution in [-0.2, 0) is 13.6 Å². The van der Waals surface area contributed by atoms with E-state index in [1.807, 2.05) is 34.7 Å². The van der Waals surface area contributed by atoms with Crippen LogP contribution in [0.5, 0.6) is 17.4 Å². The second kappa shape index (κ2) is 14.1. The Morgan fingerprint density at radius 3 is 2.33 bits per heavy atom. The van der Waals surface area contributed by atoms with E-state index in [2.05, 4.69) is 15.2 Å². The molecular formula is C35H30ClF4N5O4. The third-order valence-corrected chi connectivity index (χ3v) is 8.33. The number of aromatic nitrogens is 2. The number of rotatable bonds is 9. The molecule has 0 unspecified atom stereocenters. The smallest absolute Gasteiger partial charge is 0.422 e. The van der Waals surface area contributed by atoms with Crippen molar-refractivity contribution in [1.29, 1.82) is 0 Å². The first-order chi connectivity index (χ1) is 23.4. The number of anilines is 1. The van der Waals surface area contributed by atoms with E-state index in [-0.39, 0.29) is 28.1 Å². The molecule has 0 spiro atoms. The number of hydrogen-bond donors (Lipinski definition) is 1. The molecule has 1 N–H and O–H groups in total. The van der Waals surface area contributed by atoms with E-state index in [1.165, 1.54) is 30.5 Å². The van der Waals surface area contributed by atoms with Crippen molar-refractivity contribution in [2.45, 2.75) is 12.7 Å². The van der Waals surface area contributed by atoms with Crippen LogP contribution in [0.15, 0.2) is 85.1 Å². The van der Waals surface area contributed by atoms with Gasteiger partial charge in [0, 0.05) is 62.9 Å². The first-order valence-corrected chi connectivity index (χ1v) is 15.6. The van der Waals surface area contributed by atoms with Crippen molar-refractivity contribution in [3.63, 3.8) is 0 Å². The Kier molecular flexibility index (Phi) is 9.74. The number of piperazine rings is 1. The lowest BCUT2D eigenvalue weighted by Crippen LogP contribution is -2.48. The zero-order chi connectivity index (χ0) is 34.7. The van der Waals surface area contributed by atoms with Crippen molar-refractivity contribution >= 4 is 40.0 Å². The van der Waals surface area contributed by atoms with Crippen LogP contribution >= 0.6 is 11.6 Å². The maximum Gasteiger partial charge on any atom is 0.422 e. The van der Waals surface area contributed by atoms with Crippen molar-refractivity contribution in [3.05, 3.63) is 113 Å². The molecule has 0 bridgehead atoms. The van der Waals surface area contributed by atoms with Gasteiger partial charge in [-0.05, 0) is 60.2 Å². The summed E-state index contributed by atoms with van der Waals surface area (Å²) in [5.74, 6) is -0.352. The highest BCUT2D eigenvalue weighted by Gasteiger charge is 2.28. The molecule has 6 rings (SSSR count). The minimum Gasteiger partial charge on any atom is -0.484 e. The molecule has 254 valence electrons. The van der Waals surface area contributed by atoms with E-state index in [4.69, 9.17) is 21.1 Å². The monoisotopic (exact) mass is 695 g/mol. The number of carbonyl (C=O) groups excluding carboxylic acids is 2. The highest BCUT2D eigenvalue weighted by atomic mass is 35.5. The maximum atomic E-state index is 13.7. The number of hydrogen-bond acceptors (Lipinski definition) is 6. The Morgan fingerprint density at radius 1 is 0.918 bits per heavy atom. The number of nitrogens with one attached hydrogen (secondary N) is 1. The Hall–Kier alpha value is -5.14. The van der Waals surface area contributed by atoms with Crippen LogP contribution in [0.3, 0.4) is 0 Å². The number of alkyl halides is 3. The molecule has 1 fully saturated rings. The number of ether oxygens (including phenoxy) is 2. The summed E-state index contributed by atoms with van der Waals surface area (Å²) in [5.41, 5.74) is 2.77. The van der Waals surface area contributed by atoms with Crippen LogP contribution in [0, 0.1) is 5.82 Å². The molecular weight excluding hydrogens is 666 g/mol. The molecule has 3 aromatic carbocycles. The summed E-state index contributed by atoms with van der Waals surface area (Å²) in [4.78, 5) is 34.2. The van der Waals surface area contributed by atoms with Gasteiger partial charge in [0.2, 0.25) is 5.88 Å². The average Bonchev–Trinajstić information content (AvgIpc) is 3.41. The van der Waals surface area contributed by atoms with Crippen LogP contribution < -0.4 is 14.8 Å². The van der Waals surface area contributed by atoms with Crippen molar-refractivity contribution in [1.82, 2.24) is 19.4 Å². The number of nitrogens with zero attached hydrogens (tertiary/aromatic N) is 4.